The van der Waals surface area contributed by atoms with E-state index in [1.165, 1.54) is 25.1 Å². The predicted molar refractivity (Wildman–Crippen MR) is 68.4 cm³/mol. The monoisotopic (exact) mass is 282 g/mol. The number of nitrogens with zero attached hydrogens (tertiary/aromatic N) is 1. The van der Waals surface area contributed by atoms with Crippen LogP contribution in [0.3, 0.4) is 0 Å². The van der Waals surface area contributed by atoms with E-state index in [9.17, 15) is 19.7 Å². The Hall–Kier alpha value is -2.48. The number of carbonyl (C=O) groups is 2. The van der Waals surface area contributed by atoms with Crippen LogP contribution in [0, 0.1) is 17.0 Å². The highest BCUT2D eigenvalue weighted by atomic mass is 16.6. The van der Waals surface area contributed by atoms with Gasteiger partial charge in [0.2, 0.25) is 0 Å². The van der Waals surface area contributed by atoms with E-state index >= 15 is 0 Å². The standard InChI is InChI=1S/C12H14N2O6/c1-7-3-2-4-8(10(7)14(19)20)11(16)13-9(5-6-15)12(17)18/h2-4,9,15H,5-6H2,1H3,(H,13,16)(H,17,18). The number of rotatable bonds is 6. The van der Waals surface area contributed by atoms with Crippen molar-refractivity contribution in [3.63, 3.8) is 0 Å². The molecule has 0 spiro atoms. The lowest BCUT2D eigenvalue weighted by Gasteiger charge is -2.13. The van der Waals surface area contributed by atoms with Crippen LogP contribution in [-0.4, -0.2) is 39.7 Å². The number of nitro benzene ring substituents is 1. The maximum atomic E-state index is 12.0. The first-order valence-corrected chi connectivity index (χ1v) is 5.77. The second kappa shape index (κ2) is 6.62. The number of carboxylic acid groups (broad SMARTS) is 1. The van der Waals surface area contributed by atoms with Gasteiger partial charge >= 0.3 is 5.97 Å². The molecule has 0 bridgehead atoms. The molecule has 0 heterocycles. The van der Waals surface area contributed by atoms with Gasteiger partial charge in [0, 0.05) is 18.6 Å². The Balaban J connectivity index is 3.06. The van der Waals surface area contributed by atoms with E-state index in [2.05, 4.69) is 5.32 Å². The summed E-state index contributed by atoms with van der Waals surface area (Å²) in [4.78, 5) is 33.1. The van der Waals surface area contributed by atoms with E-state index in [1.54, 1.807) is 0 Å². The first-order chi connectivity index (χ1) is 9.38. The Morgan fingerprint density at radius 3 is 2.60 bits per heavy atom. The molecule has 0 aliphatic heterocycles. The third kappa shape index (κ3) is 3.51. The third-order valence-corrected chi connectivity index (χ3v) is 2.69. The van der Waals surface area contributed by atoms with Crippen LogP contribution in [0.2, 0.25) is 0 Å². The summed E-state index contributed by atoms with van der Waals surface area (Å²) in [6.07, 6.45) is -0.180. The lowest BCUT2D eigenvalue weighted by molar-refractivity contribution is -0.385. The van der Waals surface area contributed by atoms with Crippen LogP contribution in [0.5, 0.6) is 0 Å². The fourth-order valence-corrected chi connectivity index (χ4v) is 1.71. The number of nitro groups is 1. The molecule has 3 N–H and O–H groups in total. The van der Waals surface area contributed by atoms with Crippen LogP contribution in [-0.2, 0) is 4.79 Å². The van der Waals surface area contributed by atoms with Crippen molar-refractivity contribution in [1.29, 1.82) is 0 Å². The van der Waals surface area contributed by atoms with Crippen LogP contribution in [0.25, 0.3) is 0 Å². The number of hydrogen-bond donors (Lipinski definition) is 3. The molecule has 1 atom stereocenters. The highest BCUT2D eigenvalue weighted by molar-refractivity contribution is 6.00. The maximum absolute atomic E-state index is 12.0. The van der Waals surface area contributed by atoms with Gasteiger partial charge in [-0.1, -0.05) is 12.1 Å². The van der Waals surface area contributed by atoms with Crippen LogP contribution >= 0.6 is 0 Å². The molecule has 0 aromatic heterocycles. The zero-order chi connectivity index (χ0) is 15.3. The number of benzene rings is 1. The number of aryl methyl sites for hydroxylation is 1. The molecule has 8 heteroatoms. The van der Waals surface area contributed by atoms with Crippen molar-refractivity contribution in [3.8, 4) is 0 Å². The Morgan fingerprint density at radius 2 is 2.10 bits per heavy atom. The van der Waals surface area contributed by atoms with Crippen LogP contribution in [0.1, 0.15) is 22.3 Å². The van der Waals surface area contributed by atoms with Gasteiger partial charge in [0.15, 0.2) is 0 Å². The van der Waals surface area contributed by atoms with E-state index in [-0.39, 0.29) is 17.7 Å². The fraction of sp³-hybridized carbons (Fsp3) is 0.333. The molecule has 1 amide bonds. The molecule has 0 saturated carbocycles. The normalized spacial score (nSPS) is 11.7. The number of nitrogens with one attached hydrogen (secondary N) is 1. The summed E-state index contributed by atoms with van der Waals surface area (Å²) < 4.78 is 0. The molecule has 0 fully saturated rings. The molecule has 108 valence electrons. The first kappa shape index (κ1) is 15.6. The van der Waals surface area contributed by atoms with E-state index < -0.39 is 29.4 Å². The minimum atomic E-state index is -1.32. The minimum absolute atomic E-state index is 0.180. The zero-order valence-corrected chi connectivity index (χ0v) is 10.7. The first-order valence-electron chi connectivity index (χ1n) is 5.77. The molecular formula is C12H14N2O6. The Bertz CT molecular complexity index is 543. The number of aliphatic hydroxyl groups excluding tert-OH is 1. The number of aliphatic carboxylic acids is 1. The van der Waals surface area contributed by atoms with Gasteiger partial charge in [0.1, 0.15) is 11.6 Å². The van der Waals surface area contributed by atoms with E-state index in [0.29, 0.717) is 5.56 Å². The average molecular weight is 282 g/mol. The summed E-state index contributed by atoms with van der Waals surface area (Å²) in [7, 11) is 0. The van der Waals surface area contributed by atoms with Crippen molar-refractivity contribution >= 4 is 17.6 Å². The minimum Gasteiger partial charge on any atom is -0.480 e. The number of aliphatic hydroxyl groups is 1. The van der Waals surface area contributed by atoms with Crippen LogP contribution in [0.15, 0.2) is 18.2 Å². The van der Waals surface area contributed by atoms with E-state index in [4.69, 9.17) is 10.2 Å². The van der Waals surface area contributed by atoms with Gasteiger partial charge in [-0.05, 0) is 13.0 Å². The molecule has 8 nitrogen and oxygen atoms in total. The van der Waals surface area contributed by atoms with Gasteiger partial charge in [-0.3, -0.25) is 14.9 Å². The van der Waals surface area contributed by atoms with Gasteiger partial charge in [0.25, 0.3) is 11.6 Å². The molecular weight excluding hydrogens is 268 g/mol. The molecule has 1 aromatic rings. The highest BCUT2D eigenvalue weighted by Gasteiger charge is 2.26. The van der Waals surface area contributed by atoms with Gasteiger partial charge in [-0.15, -0.1) is 0 Å². The molecule has 1 rings (SSSR count). The highest BCUT2D eigenvalue weighted by Crippen LogP contribution is 2.23. The Morgan fingerprint density at radius 1 is 1.45 bits per heavy atom. The Labute approximate surface area is 114 Å². The third-order valence-electron chi connectivity index (χ3n) is 2.69. The second-order valence-corrected chi connectivity index (χ2v) is 4.10. The van der Waals surface area contributed by atoms with Crippen molar-refractivity contribution in [2.45, 2.75) is 19.4 Å². The van der Waals surface area contributed by atoms with Crippen molar-refractivity contribution in [2.75, 3.05) is 6.61 Å². The Kier molecular flexibility index (Phi) is 5.15. The number of carbonyl (C=O) groups excluding carboxylic acids is 1. The molecule has 0 radical (unpaired) electrons. The second-order valence-electron chi connectivity index (χ2n) is 4.10. The van der Waals surface area contributed by atoms with Gasteiger partial charge in [-0.25, -0.2) is 4.79 Å². The summed E-state index contributed by atoms with van der Waals surface area (Å²) >= 11 is 0. The molecule has 0 saturated heterocycles. The van der Waals surface area contributed by atoms with Crippen molar-refractivity contribution in [2.24, 2.45) is 0 Å². The van der Waals surface area contributed by atoms with Crippen molar-refractivity contribution in [1.82, 2.24) is 5.32 Å². The quantitative estimate of drug-likeness (QED) is 0.513. The summed E-state index contributed by atoms with van der Waals surface area (Å²) in [6.45, 7) is 1.06. The summed E-state index contributed by atoms with van der Waals surface area (Å²) in [5.74, 6) is -2.18. The zero-order valence-electron chi connectivity index (χ0n) is 10.7. The summed E-state index contributed by atoms with van der Waals surface area (Å²) in [5.41, 5.74) is -0.269. The van der Waals surface area contributed by atoms with E-state index in [1.807, 2.05) is 0 Å². The smallest absolute Gasteiger partial charge is 0.326 e. The van der Waals surface area contributed by atoms with Crippen LogP contribution < -0.4 is 5.32 Å². The molecule has 0 aliphatic carbocycles. The number of hydrogen-bond acceptors (Lipinski definition) is 5. The van der Waals surface area contributed by atoms with Gasteiger partial charge in [-0.2, -0.15) is 0 Å². The number of amides is 1. The molecule has 20 heavy (non-hydrogen) atoms. The lowest BCUT2D eigenvalue weighted by atomic mass is 10.1. The maximum Gasteiger partial charge on any atom is 0.326 e. The van der Waals surface area contributed by atoms with Crippen molar-refractivity contribution < 1.29 is 24.7 Å². The molecule has 0 aliphatic rings. The molecule has 1 unspecified atom stereocenters. The fourth-order valence-electron chi connectivity index (χ4n) is 1.71. The predicted octanol–water partition coefficient (Wildman–Crippen LogP) is 0.469. The van der Waals surface area contributed by atoms with Gasteiger partial charge in [0.05, 0.1) is 4.92 Å². The topological polar surface area (TPSA) is 130 Å². The SMILES string of the molecule is Cc1cccc(C(=O)NC(CCO)C(=O)O)c1[N+](=O)[O-]. The average Bonchev–Trinajstić information content (AvgIpc) is 2.37. The van der Waals surface area contributed by atoms with E-state index in [0.717, 1.165) is 0 Å². The van der Waals surface area contributed by atoms with Gasteiger partial charge < -0.3 is 15.5 Å². The number of carboxylic acids is 1. The van der Waals surface area contributed by atoms with Crippen molar-refractivity contribution in [3.05, 3.63) is 39.4 Å². The molecule has 1 aromatic carbocycles. The summed E-state index contributed by atoms with van der Waals surface area (Å²) in [5, 5.41) is 30.7. The largest absolute Gasteiger partial charge is 0.480 e. The van der Waals surface area contributed by atoms with Crippen LogP contribution in [0.4, 0.5) is 5.69 Å². The lowest BCUT2D eigenvalue weighted by Crippen LogP contribution is -2.41. The number of para-hydroxylation sites is 1. The summed E-state index contributed by atoms with van der Waals surface area (Å²) in [6, 6.07) is 2.90.